The van der Waals surface area contributed by atoms with Gasteiger partial charge in [0.2, 0.25) is 0 Å². The zero-order valence-electron chi connectivity index (χ0n) is 17.6. The number of rotatable bonds is 6. The van der Waals surface area contributed by atoms with Crippen molar-refractivity contribution < 1.29 is 21.6 Å². The van der Waals surface area contributed by atoms with Gasteiger partial charge in [0.1, 0.15) is 5.75 Å². The van der Waals surface area contributed by atoms with E-state index in [9.17, 15) is 16.8 Å². The van der Waals surface area contributed by atoms with Gasteiger partial charge in [-0.3, -0.25) is 9.80 Å². The molecular weight excluding hydrogens is 436 g/mol. The molecule has 2 fully saturated rings. The molecule has 0 aliphatic carbocycles. The third kappa shape index (κ3) is 4.95. The van der Waals surface area contributed by atoms with Crippen LogP contribution in [-0.4, -0.2) is 82.7 Å². The number of sulfone groups is 2. The average molecular weight is 465 g/mol. The van der Waals surface area contributed by atoms with E-state index in [1.54, 1.807) is 12.1 Å². The summed E-state index contributed by atoms with van der Waals surface area (Å²) in [4.78, 5) is 4.52. The van der Waals surface area contributed by atoms with Crippen LogP contribution in [0.2, 0.25) is 0 Å². The maximum Gasteiger partial charge on any atom is 0.183 e. The van der Waals surface area contributed by atoms with Crippen LogP contribution in [0.5, 0.6) is 5.75 Å². The van der Waals surface area contributed by atoms with Gasteiger partial charge in [0.25, 0.3) is 0 Å². The first kappa shape index (κ1) is 22.3. The molecule has 0 saturated carbocycles. The SMILES string of the molecule is COc1ccc(S(=O)(=O)[C@@H]2CS(=O)(=O)C[C@H]2N2CCN(Cc3ccccc3)CC2)cc1. The molecule has 0 N–H and O–H groups in total. The lowest BCUT2D eigenvalue weighted by Crippen LogP contribution is -2.54. The van der Waals surface area contributed by atoms with Crippen LogP contribution in [0.15, 0.2) is 59.5 Å². The molecular formula is C22H28N2O5S2. The molecule has 0 spiro atoms. The highest BCUT2D eigenvalue weighted by molar-refractivity contribution is 7.96. The number of hydrogen-bond acceptors (Lipinski definition) is 7. The van der Waals surface area contributed by atoms with Crippen molar-refractivity contribution in [3.8, 4) is 5.75 Å². The molecule has 2 heterocycles. The van der Waals surface area contributed by atoms with Gasteiger partial charge in [0.15, 0.2) is 19.7 Å². The zero-order valence-corrected chi connectivity index (χ0v) is 19.2. The molecule has 0 amide bonds. The Labute approximate surface area is 184 Å². The lowest BCUT2D eigenvalue weighted by Gasteiger charge is -2.39. The second-order valence-corrected chi connectivity index (χ2v) is 12.5. The van der Waals surface area contributed by atoms with Gasteiger partial charge in [-0.15, -0.1) is 0 Å². The number of piperazine rings is 1. The Bertz CT molecular complexity index is 1090. The molecule has 0 unspecified atom stereocenters. The molecule has 0 radical (unpaired) electrons. The van der Waals surface area contributed by atoms with Crippen molar-refractivity contribution in [2.24, 2.45) is 0 Å². The van der Waals surface area contributed by atoms with E-state index in [0.717, 1.165) is 19.6 Å². The Morgan fingerprint density at radius 3 is 2.19 bits per heavy atom. The number of nitrogens with zero attached hydrogens (tertiary/aromatic N) is 2. The van der Waals surface area contributed by atoms with E-state index < -0.39 is 31.0 Å². The van der Waals surface area contributed by atoms with Gasteiger partial charge >= 0.3 is 0 Å². The summed E-state index contributed by atoms with van der Waals surface area (Å²) < 4.78 is 56.7. The molecule has 2 atom stereocenters. The fourth-order valence-corrected chi connectivity index (χ4v) is 9.30. The normalized spacial score (nSPS) is 24.8. The van der Waals surface area contributed by atoms with E-state index in [1.807, 2.05) is 18.2 Å². The lowest BCUT2D eigenvalue weighted by atomic mass is 10.1. The summed E-state index contributed by atoms with van der Waals surface area (Å²) in [5.41, 5.74) is 1.24. The molecule has 2 saturated heterocycles. The van der Waals surface area contributed by atoms with E-state index in [0.29, 0.717) is 18.8 Å². The molecule has 2 aliphatic rings. The molecule has 2 aromatic rings. The van der Waals surface area contributed by atoms with Gasteiger partial charge in [0.05, 0.1) is 28.8 Å². The highest BCUT2D eigenvalue weighted by Crippen LogP contribution is 2.30. The quantitative estimate of drug-likeness (QED) is 0.640. The zero-order chi connectivity index (χ0) is 22.1. The molecule has 7 nitrogen and oxygen atoms in total. The van der Waals surface area contributed by atoms with Crippen molar-refractivity contribution >= 4 is 19.7 Å². The molecule has 0 bridgehead atoms. The Balaban J connectivity index is 1.49. The monoisotopic (exact) mass is 464 g/mol. The molecule has 2 aromatic carbocycles. The van der Waals surface area contributed by atoms with Gasteiger partial charge in [-0.1, -0.05) is 30.3 Å². The maximum atomic E-state index is 13.3. The van der Waals surface area contributed by atoms with Gasteiger partial charge in [-0.05, 0) is 29.8 Å². The topological polar surface area (TPSA) is 84.0 Å². The van der Waals surface area contributed by atoms with Crippen LogP contribution >= 0.6 is 0 Å². The van der Waals surface area contributed by atoms with Gasteiger partial charge in [-0.2, -0.15) is 0 Å². The van der Waals surface area contributed by atoms with Crippen LogP contribution in [0, 0.1) is 0 Å². The second-order valence-electron chi connectivity index (χ2n) is 8.20. The lowest BCUT2D eigenvalue weighted by molar-refractivity contribution is 0.101. The first-order valence-corrected chi connectivity index (χ1v) is 13.7. The van der Waals surface area contributed by atoms with Crippen molar-refractivity contribution in [2.75, 3.05) is 44.8 Å². The first-order chi connectivity index (χ1) is 14.8. The van der Waals surface area contributed by atoms with Crippen LogP contribution in [0.3, 0.4) is 0 Å². The Morgan fingerprint density at radius 1 is 0.935 bits per heavy atom. The Morgan fingerprint density at radius 2 is 1.58 bits per heavy atom. The maximum absolute atomic E-state index is 13.3. The number of methoxy groups -OCH3 is 1. The van der Waals surface area contributed by atoms with Crippen molar-refractivity contribution in [1.29, 1.82) is 0 Å². The molecule has 31 heavy (non-hydrogen) atoms. The van der Waals surface area contributed by atoms with Crippen molar-refractivity contribution in [2.45, 2.75) is 22.7 Å². The van der Waals surface area contributed by atoms with Crippen molar-refractivity contribution in [3.05, 3.63) is 60.2 Å². The number of ether oxygens (including phenoxy) is 1. The second kappa shape index (κ2) is 8.90. The van der Waals surface area contributed by atoms with E-state index >= 15 is 0 Å². The fourth-order valence-electron chi connectivity index (χ4n) is 4.47. The van der Waals surface area contributed by atoms with E-state index in [2.05, 4.69) is 21.9 Å². The third-order valence-corrected chi connectivity index (χ3v) is 10.3. The standard InChI is InChI=1S/C22H28N2O5S2/c1-29-19-7-9-20(10-8-19)31(27,28)22-17-30(25,26)16-21(22)24-13-11-23(12-14-24)15-18-5-3-2-4-6-18/h2-10,21-22H,11-17H2,1H3/t21-,22-/m1/s1. The Hall–Kier alpha value is -1.94. The summed E-state index contributed by atoms with van der Waals surface area (Å²) in [5.74, 6) is 0.131. The minimum absolute atomic E-state index is 0.105. The molecule has 0 aromatic heterocycles. The summed E-state index contributed by atoms with van der Waals surface area (Å²) in [7, 11) is -5.69. The van der Waals surface area contributed by atoms with Crippen LogP contribution in [0.25, 0.3) is 0 Å². The highest BCUT2D eigenvalue weighted by atomic mass is 32.2. The predicted octanol–water partition coefficient (Wildman–Crippen LogP) is 1.45. The van der Waals surface area contributed by atoms with E-state index in [4.69, 9.17) is 4.74 Å². The van der Waals surface area contributed by atoms with Crippen LogP contribution in [0.4, 0.5) is 0 Å². The molecule has 2 aliphatic heterocycles. The summed E-state index contributed by atoms with van der Waals surface area (Å²) in [5, 5.41) is -0.952. The van der Waals surface area contributed by atoms with Crippen LogP contribution < -0.4 is 4.74 Å². The fraction of sp³-hybridized carbons (Fsp3) is 0.455. The van der Waals surface area contributed by atoms with Crippen molar-refractivity contribution in [1.82, 2.24) is 9.80 Å². The third-order valence-electron chi connectivity index (χ3n) is 6.18. The van der Waals surface area contributed by atoms with Crippen LogP contribution in [0.1, 0.15) is 5.56 Å². The molecule has 9 heteroatoms. The smallest absolute Gasteiger partial charge is 0.183 e. The molecule has 168 valence electrons. The largest absolute Gasteiger partial charge is 0.497 e. The predicted molar refractivity (Wildman–Crippen MR) is 120 cm³/mol. The van der Waals surface area contributed by atoms with Crippen molar-refractivity contribution in [3.63, 3.8) is 0 Å². The molecule has 4 rings (SSSR count). The van der Waals surface area contributed by atoms with E-state index in [-0.39, 0.29) is 16.4 Å². The first-order valence-electron chi connectivity index (χ1n) is 10.4. The summed E-state index contributed by atoms with van der Waals surface area (Å²) in [6.07, 6.45) is 0. The number of hydrogen-bond donors (Lipinski definition) is 0. The summed E-state index contributed by atoms with van der Waals surface area (Å²) in [6, 6.07) is 15.9. The highest BCUT2D eigenvalue weighted by Gasteiger charge is 2.48. The summed E-state index contributed by atoms with van der Waals surface area (Å²) >= 11 is 0. The van der Waals surface area contributed by atoms with E-state index in [1.165, 1.54) is 24.8 Å². The van der Waals surface area contributed by atoms with Gasteiger partial charge in [0, 0.05) is 38.8 Å². The average Bonchev–Trinajstić information content (AvgIpc) is 3.11. The van der Waals surface area contributed by atoms with Gasteiger partial charge in [-0.25, -0.2) is 16.8 Å². The minimum Gasteiger partial charge on any atom is -0.497 e. The minimum atomic E-state index is -3.79. The van der Waals surface area contributed by atoms with Crippen LogP contribution in [-0.2, 0) is 26.2 Å². The summed E-state index contributed by atoms with van der Waals surface area (Å²) in [6.45, 7) is 3.70. The number of benzene rings is 2. The Kier molecular flexibility index (Phi) is 6.39. The van der Waals surface area contributed by atoms with Gasteiger partial charge < -0.3 is 4.74 Å².